The van der Waals surface area contributed by atoms with E-state index in [0.29, 0.717) is 10.8 Å². The summed E-state index contributed by atoms with van der Waals surface area (Å²) in [5.74, 6) is 0.698. The summed E-state index contributed by atoms with van der Waals surface area (Å²) in [6.07, 6.45) is 1.01. The fraction of sp³-hybridized carbons (Fsp3) is 0.308. The first-order chi connectivity index (χ1) is 8.78. The molecule has 18 heavy (non-hydrogen) atoms. The molecule has 3 nitrogen and oxygen atoms in total. The van der Waals surface area contributed by atoms with Crippen LogP contribution in [0.5, 0.6) is 5.75 Å². The molecule has 0 aliphatic carbocycles. The van der Waals surface area contributed by atoms with E-state index in [1.54, 1.807) is 18.4 Å². The first-order valence-electron chi connectivity index (χ1n) is 5.81. The molecular formula is C13H13ClN2OS. The second-order valence-electron chi connectivity index (χ2n) is 4.16. The predicted octanol–water partition coefficient (Wildman–Crippen LogP) is 3.12. The number of rotatable bonds is 2. The molecule has 2 aromatic rings. The van der Waals surface area contributed by atoms with Gasteiger partial charge in [0, 0.05) is 30.0 Å². The van der Waals surface area contributed by atoms with Gasteiger partial charge in [0.05, 0.1) is 17.8 Å². The SMILES string of the molecule is COc1ccc(-c2nc3c(s2)CNCC3)cc1Cl. The van der Waals surface area contributed by atoms with Crippen LogP contribution in [0, 0.1) is 0 Å². The van der Waals surface area contributed by atoms with E-state index in [9.17, 15) is 0 Å². The summed E-state index contributed by atoms with van der Waals surface area (Å²) in [6, 6.07) is 5.80. The normalized spacial score (nSPS) is 14.3. The van der Waals surface area contributed by atoms with Crippen LogP contribution >= 0.6 is 22.9 Å². The lowest BCUT2D eigenvalue weighted by Gasteiger charge is -2.09. The summed E-state index contributed by atoms with van der Waals surface area (Å²) < 4.78 is 5.16. The van der Waals surface area contributed by atoms with Crippen molar-refractivity contribution >= 4 is 22.9 Å². The minimum atomic E-state index is 0.626. The highest BCUT2D eigenvalue weighted by atomic mass is 35.5. The Bertz CT molecular complexity index is 559. The molecule has 1 aromatic heterocycles. The quantitative estimate of drug-likeness (QED) is 0.918. The van der Waals surface area contributed by atoms with Crippen LogP contribution in [0.3, 0.4) is 0 Å². The summed E-state index contributed by atoms with van der Waals surface area (Å²) in [7, 11) is 1.62. The van der Waals surface area contributed by atoms with Crippen LogP contribution in [-0.2, 0) is 13.0 Å². The Morgan fingerprint density at radius 3 is 3.06 bits per heavy atom. The van der Waals surface area contributed by atoms with Crippen LogP contribution in [0.4, 0.5) is 0 Å². The fourth-order valence-corrected chi connectivity index (χ4v) is 3.38. The maximum atomic E-state index is 6.15. The van der Waals surface area contributed by atoms with Crippen molar-refractivity contribution in [3.8, 4) is 16.3 Å². The molecule has 5 heteroatoms. The zero-order valence-electron chi connectivity index (χ0n) is 10.00. The monoisotopic (exact) mass is 280 g/mol. The summed E-state index contributed by atoms with van der Waals surface area (Å²) in [6.45, 7) is 1.94. The standard InChI is InChI=1S/C13H13ClN2OS/c1-17-11-3-2-8(6-9(11)14)13-16-10-4-5-15-7-12(10)18-13/h2-3,6,15H,4-5,7H2,1H3. The smallest absolute Gasteiger partial charge is 0.137 e. The number of hydrogen-bond acceptors (Lipinski definition) is 4. The summed E-state index contributed by atoms with van der Waals surface area (Å²) >= 11 is 7.88. The van der Waals surface area contributed by atoms with Crippen molar-refractivity contribution in [1.29, 1.82) is 0 Å². The molecule has 0 unspecified atom stereocenters. The fourth-order valence-electron chi connectivity index (χ4n) is 2.05. The summed E-state index contributed by atoms with van der Waals surface area (Å²) in [5, 5.41) is 5.02. The van der Waals surface area contributed by atoms with Gasteiger partial charge in [-0.2, -0.15) is 0 Å². The average Bonchev–Trinajstić information content (AvgIpc) is 2.82. The van der Waals surface area contributed by atoms with Gasteiger partial charge in [-0.3, -0.25) is 0 Å². The average molecular weight is 281 g/mol. The molecule has 0 bridgehead atoms. The Hall–Kier alpha value is -1.10. The highest BCUT2D eigenvalue weighted by Gasteiger charge is 2.16. The van der Waals surface area contributed by atoms with Gasteiger partial charge in [-0.05, 0) is 18.2 Å². The van der Waals surface area contributed by atoms with Crippen LogP contribution in [0.15, 0.2) is 18.2 Å². The number of hydrogen-bond donors (Lipinski definition) is 1. The maximum Gasteiger partial charge on any atom is 0.137 e. The van der Waals surface area contributed by atoms with Gasteiger partial charge in [-0.1, -0.05) is 11.6 Å². The Morgan fingerprint density at radius 1 is 1.44 bits per heavy atom. The van der Waals surface area contributed by atoms with E-state index in [-0.39, 0.29) is 0 Å². The van der Waals surface area contributed by atoms with E-state index >= 15 is 0 Å². The first-order valence-corrected chi connectivity index (χ1v) is 7.00. The summed E-state index contributed by atoms with van der Waals surface area (Å²) in [4.78, 5) is 6.03. The van der Waals surface area contributed by atoms with Crippen molar-refractivity contribution in [2.24, 2.45) is 0 Å². The molecular weight excluding hydrogens is 268 g/mol. The maximum absolute atomic E-state index is 6.15. The van der Waals surface area contributed by atoms with E-state index in [0.717, 1.165) is 30.1 Å². The second kappa shape index (κ2) is 4.88. The van der Waals surface area contributed by atoms with Gasteiger partial charge in [0.15, 0.2) is 0 Å². The van der Waals surface area contributed by atoms with Crippen molar-refractivity contribution in [3.63, 3.8) is 0 Å². The molecule has 0 atom stereocenters. The van der Waals surface area contributed by atoms with Crippen molar-refractivity contribution in [2.75, 3.05) is 13.7 Å². The van der Waals surface area contributed by atoms with E-state index in [4.69, 9.17) is 21.3 Å². The third-order valence-corrected chi connectivity index (χ3v) is 4.44. The van der Waals surface area contributed by atoms with Crippen molar-refractivity contribution in [1.82, 2.24) is 10.3 Å². The Balaban J connectivity index is 1.99. The zero-order chi connectivity index (χ0) is 12.5. The zero-order valence-corrected chi connectivity index (χ0v) is 11.6. The van der Waals surface area contributed by atoms with Crippen LogP contribution in [-0.4, -0.2) is 18.6 Å². The van der Waals surface area contributed by atoms with Crippen LogP contribution in [0.25, 0.3) is 10.6 Å². The van der Waals surface area contributed by atoms with Gasteiger partial charge in [-0.15, -0.1) is 11.3 Å². The highest BCUT2D eigenvalue weighted by Crippen LogP contribution is 2.34. The van der Waals surface area contributed by atoms with Crippen molar-refractivity contribution in [2.45, 2.75) is 13.0 Å². The number of ether oxygens (including phenoxy) is 1. The largest absolute Gasteiger partial charge is 0.495 e. The van der Waals surface area contributed by atoms with Gasteiger partial charge < -0.3 is 10.1 Å². The van der Waals surface area contributed by atoms with E-state index in [1.807, 2.05) is 18.2 Å². The number of halogens is 1. The third-order valence-electron chi connectivity index (χ3n) is 3.00. The van der Waals surface area contributed by atoms with Gasteiger partial charge in [0.1, 0.15) is 10.8 Å². The number of fused-ring (bicyclic) bond motifs is 1. The Morgan fingerprint density at radius 2 is 2.33 bits per heavy atom. The lowest BCUT2D eigenvalue weighted by atomic mass is 10.2. The molecule has 1 aliphatic rings. The third kappa shape index (κ3) is 2.11. The van der Waals surface area contributed by atoms with Crippen molar-refractivity contribution in [3.05, 3.63) is 33.8 Å². The van der Waals surface area contributed by atoms with Gasteiger partial charge in [0.2, 0.25) is 0 Å². The molecule has 1 aliphatic heterocycles. The molecule has 3 rings (SSSR count). The van der Waals surface area contributed by atoms with Gasteiger partial charge in [-0.25, -0.2) is 4.98 Å². The highest BCUT2D eigenvalue weighted by molar-refractivity contribution is 7.15. The van der Waals surface area contributed by atoms with E-state index in [1.165, 1.54) is 10.6 Å². The minimum absolute atomic E-state index is 0.626. The molecule has 94 valence electrons. The van der Waals surface area contributed by atoms with Gasteiger partial charge >= 0.3 is 0 Å². The molecule has 2 heterocycles. The number of aromatic nitrogens is 1. The van der Waals surface area contributed by atoms with Crippen LogP contribution in [0.1, 0.15) is 10.6 Å². The van der Waals surface area contributed by atoms with Gasteiger partial charge in [0.25, 0.3) is 0 Å². The lowest BCUT2D eigenvalue weighted by Crippen LogP contribution is -2.22. The molecule has 1 aromatic carbocycles. The summed E-state index contributed by atoms with van der Waals surface area (Å²) in [5.41, 5.74) is 2.28. The van der Waals surface area contributed by atoms with Crippen LogP contribution < -0.4 is 10.1 Å². The number of nitrogens with one attached hydrogen (secondary N) is 1. The molecule has 0 saturated heterocycles. The number of thiazole rings is 1. The molecule has 0 saturated carbocycles. The second-order valence-corrected chi connectivity index (χ2v) is 5.66. The molecule has 1 N–H and O–H groups in total. The van der Waals surface area contributed by atoms with Crippen LogP contribution in [0.2, 0.25) is 5.02 Å². The Kier molecular flexibility index (Phi) is 3.24. The molecule has 0 radical (unpaired) electrons. The van der Waals surface area contributed by atoms with E-state index in [2.05, 4.69) is 5.32 Å². The predicted molar refractivity (Wildman–Crippen MR) is 74.5 cm³/mol. The Labute approximate surface area is 115 Å². The van der Waals surface area contributed by atoms with Crippen molar-refractivity contribution < 1.29 is 4.74 Å². The number of benzene rings is 1. The molecule has 0 fully saturated rings. The van der Waals surface area contributed by atoms with E-state index < -0.39 is 0 Å². The number of nitrogens with zero attached hydrogens (tertiary/aromatic N) is 1. The topological polar surface area (TPSA) is 34.1 Å². The lowest BCUT2D eigenvalue weighted by molar-refractivity contribution is 0.415. The molecule has 0 amide bonds. The number of methoxy groups -OCH3 is 1. The first kappa shape index (κ1) is 12.0. The molecule has 0 spiro atoms. The minimum Gasteiger partial charge on any atom is -0.495 e.